The smallest absolute Gasteiger partial charge is 0.247 e. The van der Waals surface area contributed by atoms with Crippen LogP contribution in [-0.2, 0) is 27.9 Å². The molecule has 0 bridgehead atoms. The fourth-order valence-electron chi connectivity index (χ4n) is 2.05. The summed E-state index contributed by atoms with van der Waals surface area (Å²) in [5, 5.41) is 0. The number of rotatable bonds is 7. The Hall–Kier alpha value is -2.32. The highest BCUT2D eigenvalue weighted by atomic mass is 32.2. The summed E-state index contributed by atoms with van der Waals surface area (Å²) in [5.41, 5.74) is 1.58. The van der Waals surface area contributed by atoms with Crippen LogP contribution in [-0.4, -0.2) is 42.0 Å². The van der Waals surface area contributed by atoms with Crippen LogP contribution in [0.2, 0.25) is 0 Å². The van der Waals surface area contributed by atoms with Crippen molar-refractivity contribution in [2.45, 2.75) is 13.1 Å². The summed E-state index contributed by atoms with van der Waals surface area (Å²) in [6, 6.07) is 11.0. The second-order valence-electron chi connectivity index (χ2n) is 5.08. The highest BCUT2D eigenvalue weighted by molar-refractivity contribution is 7.89. The van der Waals surface area contributed by atoms with E-state index in [4.69, 9.17) is 0 Å². The molecule has 122 valence electrons. The van der Waals surface area contributed by atoms with Gasteiger partial charge in [-0.05, 0) is 24.3 Å². The van der Waals surface area contributed by atoms with Crippen molar-refractivity contribution in [1.82, 2.24) is 19.6 Å². The molecule has 2 aromatic rings. The largest absolute Gasteiger partial charge is 0.283 e. The number of carbonyl (C=O) groups excluding carboxylic acids is 1. The minimum atomic E-state index is -3.57. The first-order valence-corrected chi connectivity index (χ1v) is 8.84. The van der Waals surface area contributed by atoms with E-state index in [1.807, 2.05) is 41.1 Å². The zero-order valence-corrected chi connectivity index (χ0v) is 13.5. The summed E-state index contributed by atoms with van der Waals surface area (Å²) >= 11 is 0. The van der Waals surface area contributed by atoms with Gasteiger partial charge in [0.15, 0.2) is 0 Å². The van der Waals surface area contributed by atoms with Gasteiger partial charge in [0.1, 0.15) is 0 Å². The average Bonchev–Trinajstić information content (AvgIpc) is 2.47. The molecule has 2 aromatic heterocycles. The van der Waals surface area contributed by atoms with Crippen molar-refractivity contribution in [2.24, 2.45) is 0 Å². The Labute approximate surface area is 135 Å². The molecule has 0 aliphatic rings. The first-order valence-electron chi connectivity index (χ1n) is 6.95. The molecule has 2 heterocycles. The molecule has 7 nitrogen and oxygen atoms in total. The number of amides is 1. The molecule has 2 rings (SSSR count). The van der Waals surface area contributed by atoms with Crippen molar-refractivity contribution in [3.05, 3.63) is 60.2 Å². The third kappa shape index (κ3) is 6.54. The monoisotopic (exact) mass is 334 g/mol. The molecular formula is C15H18N4O3S. The van der Waals surface area contributed by atoms with Crippen molar-refractivity contribution < 1.29 is 13.2 Å². The van der Waals surface area contributed by atoms with Crippen LogP contribution in [0.3, 0.4) is 0 Å². The van der Waals surface area contributed by atoms with Crippen LogP contribution in [0.4, 0.5) is 0 Å². The Balaban J connectivity index is 2.09. The molecule has 0 fully saturated rings. The normalized spacial score (nSPS) is 11.4. The first-order chi connectivity index (χ1) is 10.9. The molecule has 8 heteroatoms. The second kappa shape index (κ2) is 7.80. The van der Waals surface area contributed by atoms with Crippen molar-refractivity contribution >= 4 is 15.9 Å². The van der Waals surface area contributed by atoms with E-state index in [0.717, 1.165) is 17.6 Å². The number of nitrogens with one attached hydrogen (secondary N) is 1. The van der Waals surface area contributed by atoms with E-state index in [1.54, 1.807) is 17.3 Å². The summed E-state index contributed by atoms with van der Waals surface area (Å²) in [5.74, 6) is -0.584. The van der Waals surface area contributed by atoms with Gasteiger partial charge in [-0.25, -0.2) is 8.42 Å². The van der Waals surface area contributed by atoms with Crippen LogP contribution in [0, 0.1) is 0 Å². The molecule has 0 radical (unpaired) electrons. The van der Waals surface area contributed by atoms with Gasteiger partial charge in [0.05, 0.1) is 24.2 Å². The van der Waals surface area contributed by atoms with Crippen molar-refractivity contribution in [3.63, 3.8) is 0 Å². The summed E-state index contributed by atoms with van der Waals surface area (Å²) < 4.78 is 24.3. The van der Waals surface area contributed by atoms with Crippen LogP contribution in [0.25, 0.3) is 0 Å². The van der Waals surface area contributed by atoms with Crippen LogP contribution >= 0.6 is 0 Å². The molecule has 0 saturated heterocycles. The molecule has 1 amide bonds. The summed E-state index contributed by atoms with van der Waals surface area (Å²) in [6.45, 7) is 0.753. The molecule has 1 N–H and O–H groups in total. The maximum atomic E-state index is 11.9. The van der Waals surface area contributed by atoms with Crippen LogP contribution < -0.4 is 4.72 Å². The Bertz CT molecular complexity index is 694. The van der Waals surface area contributed by atoms with Crippen LogP contribution in [0.5, 0.6) is 0 Å². The number of aromatic nitrogens is 2. The number of hydrogen-bond acceptors (Lipinski definition) is 6. The average molecular weight is 334 g/mol. The Kier molecular flexibility index (Phi) is 5.78. The van der Waals surface area contributed by atoms with E-state index in [2.05, 4.69) is 9.97 Å². The van der Waals surface area contributed by atoms with E-state index < -0.39 is 15.9 Å². The topological polar surface area (TPSA) is 92.3 Å². The second-order valence-corrected chi connectivity index (χ2v) is 6.83. The van der Waals surface area contributed by atoms with Gasteiger partial charge < -0.3 is 0 Å². The van der Waals surface area contributed by atoms with Gasteiger partial charge in [-0.1, -0.05) is 12.1 Å². The van der Waals surface area contributed by atoms with Crippen molar-refractivity contribution in [3.8, 4) is 0 Å². The first kappa shape index (κ1) is 17.0. The number of nitrogens with zero attached hydrogens (tertiary/aromatic N) is 3. The van der Waals surface area contributed by atoms with E-state index >= 15 is 0 Å². The minimum Gasteiger partial charge on any atom is -0.283 e. The van der Waals surface area contributed by atoms with Gasteiger partial charge >= 0.3 is 0 Å². The zero-order chi connectivity index (χ0) is 16.7. The van der Waals surface area contributed by atoms with Gasteiger partial charge in [-0.15, -0.1) is 0 Å². The molecule has 0 saturated carbocycles. The maximum Gasteiger partial charge on any atom is 0.247 e. The van der Waals surface area contributed by atoms with Gasteiger partial charge in [0.2, 0.25) is 15.9 Å². The van der Waals surface area contributed by atoms with Gasteiger partial charge in [-0.2, -0.15) is 0 Å². The molecule has 0 aliphatic heterocycles. The van der Waals surface area contributed by atoms with Crippen molar-refractivity contribution in [2.75, 3.05) is 12.8 Å². The van der Waals surface area contributed by atoms with E-state index in [1.165, 1.54) is 0 Å². The lowest BCUT2D eigenvalue weighted by Crippen LogP contribution is -2.39. The molecule has 0 unspecified atom stereocenters. The summed E-state index contributed by atoms with van der Waals surface area (Å²) in [4.78, 5) is 22.1. The lowest BCUT2D eigenvalue weighted by molar-refractivity contribution is -0.120. The molecule has 0 aliphatic carbocycles. The molecule has 23 heavy (non-hydrogen) atoms. The Morgan fingerprint density at radius 3 is 1.96 bits per heavy atom. The summed E-state index contributed by atoms with van der Waals surface area (Å²) in [7, 11) is -3.57. The predicted molar refractivity (Wildman–Crippen MR) is 85.6 cm³/mol. The Morgan fingerprint density at radius 2 is 1.57 bits per heavy atom. The van der Waals surface area contributed by atoms with Gasteiger partial charge in [0, 0.05) is 25.5 Å². The number of hydrogen-bond donors (Lipinski definition) is 1. The Morgan fingerprint density at radius 1 is 1.04 bits per heavy atom. The quantitative estimate of drug-likeness (QED) is 0.795. The van der Waals surface area contributed by atoms with Gasteiger partial charge in [0.25, 0.3) is 0 Å². The predicted octanol–water partition coefficient (Wildman–Crippen LogP) is 0.555. The van der Waals surface area contributed by atoms with E-state index in [-0.39, 0.29) is 6.54 Å². The standard InChI is InChI=1S/C15H18N4O3S/c1-23(21,22)18-15(20)12-19(10-13-6-2-4-8-16-13)11-14-7-3-5-9-17-14/h2-9H,10-12H2,1H3,(H,18,20). The molecule has 0 aromatic carbocycles. The van der Waals surface area contributed by atoms with Crippen LogP contribution in [0.15, 0.2) is 48.8 Å². The van der Waals surface area contributed by atoms with Gasteiger partial charge in [-0.3, -0.25) is 24.4 Å². The SMILES string of the molecule is CS(=O)(=O)NC(=O)CN(Cc1ccccn1)Cc1ccccn1. The molecular weight excluding hydrogens is 316 g/mol. The third-order valence-corrected chi connectivity index (χ3v) is 3.49. The minimum absolute atomic E-state index is 0.0692. The third-order valence-electron chi connectivity index (χ3n) is 2.89. The molecule has 0 atom stereocenters. The van der Waals surface area contributed by atoms with Crippen LogP contribution in [0.1, 0.15) is 11.4 Å². The lowest BCUT2D eigenvalue weighted by atomic mass is 10.3. The molecule has 0 spiro atoms. The van der Waals surface area contributed by atoms with Crippen molar-refractivity contribution in [1.29, 1.82) is 0 Å². The van der Waals surface area contributed by atoms with E-state index in [9.17, 15) is 13.2 Å². The highest BCUT2D eigenvalue weighted by Gasteiger charge is 2.15. The fraction of sp³-hybridized carbons (Fsp3) is 0.267. The number of carbonyl (C=O) groups is 1. The number of pyridine rings is 2. The summed E-state index contributed by atoms with van der Waals surface area (Å²) in [6.07, 6.45) is 4.29. The van der Waals surface area contributed by atoms with E-state index in [0.29, 0.717) is 13.1 Å². The fourth-order valence-corrected chi connectivity index (χ4v) is 2.53. The maximum absolute atomic E-state index is 11.9. The number of sulfonamides is 1. The lowest BCUT2D eigenvalue weighted by Gasteiger charge is -2.20. The zero-order valence-electron chi connectivity index (χ0n) is 12.7. The highest BCUT2D eigenvalue weighted by Crippen LogP contribution is 2.06.